The van der Waals surface area contributed by atoms with E-state index in [-0.39, 0.29) is 23.7 Å². The number of likely N-dealkylation sites (tertiary alicyclic amines) is 1. The molecule has 7 nitrogen and oxygen atoms in total. The van der Waals surface area contributed by atoms with Gasteiger partial charge in [-0.05, 0) is 17.9 Å². The van der Waals surface area contributed by atoms with Crippen molar-refractivity contribution in [1.29, 1.82) is 0 Å². The van der Waals surface area contributed by atoms with E-state index in [1.54, 1.807) is 0 Å². The topological polar surface area (TPSA) is 80.2 Å². The standard InChI is InChI=1S/C21H27N3O4/c1-15(16-5-3-2-4-6-16)12-22-19(25)18-11-21(28-23-18)8-9-24(14-21)20(26)17-7-10-27-13-17/h2-6,15,17H,7-14H2,1H3,(H,22,25)/t15-,17+,21-/m1/s1. The highest BCUT2D eigenvalue weighted by Gasteiger charge is 2.48. The molecule has 2 amide bonds. The van der Waals surface area contributed by atoms with E-state index in [0.717, 1.165) is 6.42 Å². The van der Waals surface area contributed by atoms with Crippen molar-refractivity contribution in [1.82, 2.24) is 10.2 Å². The molecule has 0 radical (unpaired) electrons. The van der Waals surface area contributed by atoms with Gasteiger partial charge in [-0.25, -0.2) is 0 Å². The van der Waals surface area contributed by atoms with Gasteiger partial charge in [-0.2, -0.15) is 0 Å². The normalized spacial score (nSPS) is 27.5. The maximum atomic E-state index is 12.6. The second-order valence-electron chi connectivity index (χ2n) is 8.08. The summed E-state index contributed by atoms with van der Waals surface area (Å²) >= 11 is 0. The number of amides is 2. The Morgan fingerprint density at radius 1 is 1.36 bits per heavy atom. The number of oxime groups is 1. The van der Waals surface area contributed by atoms with Crippen molar-refractivity contribution in [3.63, 3.8) is 0 Å². The minimum atomic E-state index is -0.549. The van der Waals surface area contributed by atoms with Gasteiger partial charge in [0.2, 0.25) is 5.91 Å². The van der Waals surface area contributed by atoms with Crippen molar-refractivity contribution < 1.29 is 19.2 Å². The zero-order valence-corrected chi connectivity index (χ0v) is 16.2. The van der Waals surface area contributed by atoms with Gasteiger partial charge < -0.3 is 19.8 Å². The van der Waals surface area contributed by atoms with E-state index >= 15 is 0 Å². The lowest BCUT2D eigenvalue weighted by Gasteiger charge is -2.23. The summed E-state index contributed by atoms with van der Waals surface area (Å²) in [6, 6.07) is 10.1. The summed E-state index contributed by atoms with van der Waals surface area (Å²) in [7, 11) is 0. The maximum absolute atomic E-state index is 12.6. The number of rotatable bonds is 5. The van der Waals surface area contributed by atoms with Crippen LogP contribution in [-0.2, 0) is 19.2 Å². The van der Waals surface area contributed by atoms with Crippen LogP contribution in [0.25, 0.3) is 0 Å². The quantitative estimate of drug-likeness (QED) is 0.836. The van der Waals surface area contributed by atoms with E-state index in [9.17, 15) is 9.59 Å². The highest BCUT2D eigenvalue weighted by Crippen LogP contribution is 2.35. The van der Waals surface area contributed by atoms with Crippen LogP contribution in [0.2, 0.25) is 0 Å². The molecule has 1 aromatic rings. The Kier molecular flexibility index (Phi) is 5.35. The molecule has 0 aromatic heterocycles. The number of nitrogens with zero attached hydrogens (tertiary/aromatic N) is 2. The molecule has 0 aliphatic carbocycles. The first kappa shape index (κ1) is 18.9. The molecule has 150 valence electrons. The third kappa shape index (κ3) is 3.90. The average molecular weight is 385 g/mol. The van der Waals surface area contributed by atoms with E-state index in [1.807, 2.05) is 23.1 Å². The molecule has 4 rings (SSSR count). The zero-order chi connectivity index (χ0) is 19.6. The second-order valence-corrected chi connectivity index (χ2v) is 8.08. The molecule has 7 heteroatoms. The number of carbonyl (C=O) groups is 2. The van der Waals surface area contributed by atoms with E-state index in [2.05, 4.69) is 29.5 Å². The summed E-state index contributed by atoms with van der Waals surface area (Å²) in [4.78, 5) is 32.6. The van der Waals surface area contributed by atoms with E-state index < -0.39 is 5.60 Å². The molecular formula is C21H27N3O4. The first-order valence-corrected chi connectivity index (χ1v) is 10.0. The van der Waals surface area contributed by atoms with Gasteiger partial charge in [0.15, 0.2) is 5.60 Å². The smallest absolute Gasteiger partial charge is 0.269 e. The van der Waals surface area contributed by atoms with Crippen LogP contribution in [0, 0.1) is 5.92 Å². The molecule has 3 aliphatic heterocycles. The Hall–Kier alpha value is -2.41. The predicted octanol–water partition coefficient (Wildman–Crippen LogP) is 1.69. The van der Waals surface area contributed by atoms with Crippen molar-refractivity contribution in [3.8, 4) is 0 Å². The molecule has 1 N–H and O–H groups in total. The Labute approximate surface area is 165 Å². The predicted molar refractivity (Wildman–Crippen MR) is 104 cm³/mol. The fraction of sp³-hybridized carbons (Fsp3) is 0.571. The molecule has 0 bridgehead atoms. The highest BCUT2D eigenvalue weighted by molar-refractivity contribution is 6.39. The summed E-state index contributed by atoms with van der Waals surface area (Å²) in [5.74, 6) is 0.121. The summed E-state index contributed by atoms with van der Waals surface area (Å²) < 4.78 is 5.33. The van der Waals surface area contributed by atoms with Crippen LogP contribution in [0.4, 0.5) is 0 Å². The Bertz CT molecular complexity index is 760. The molecule has 2 saturated heterocycles. The molecule has 2 fully saturated rings. The number of nitrogens with one attached hydrogen (secondary N) is 1. The Morgan fingerprint density at radius 3 is 2.93 bits per heavy atom. The second kappa shape index (κ2) is 7.91. The molecular weight excluding hydrogens is 358 g/mol. The molecule has 1 aromatic carbocycles. The molecule has 0 unspecified atom stereocenters. The van der Waals surface area contributed by atoms with Crippen molar-refractivity contribution in [3.05, 3.63) is 35.9 Å². The average Bonchev–Trinajstić information content (AvgIpc) is 3.48. The minimum absolute atomic E-state index is 0.0419. The third-order valence-corrected chi connectivity index (χ3v) is 5.95. The first-order valence-electron chi connectivity index (χ1n) is 10.0. The lowest BCUT2D eigenvalue weighted by atomic mass is 9.96. The maximum Gasteiger partial charge on any atom is 0.269 e. The zero-order valence-electron chi connectivity index (χ0n) is 16.2. The Balaban J connectivity index is 1.27. The van der Waals surface area contributed by atoms with Crippen molar-refractivity contribution in [2.75, 3.05) is 32.8 Å². The van der Waals surface area contributed by atoms with Gasteiger partial charge in [0.1, 0.15) is 5.71 Å². The molecule has 3 atom stereocenters. The molecule has 3 heterocycles. The largest absolute Gasteiger partial charge is 0.386 e. The van der Waals surface area contributed by atoms with Crippen LogP contribution in [0.1, 0.15) is 37.7 Å². The number of hydrogen-bond donors (Lipinski definition) is 1. The molecule has 1 spiro atoms. The summed E-state index contributed by atoms with van der Waals surface area (Å²) in [5.41, 5.74) is 1.05. The highest BCUT2D eigenvalue weighted by atomic mass is 16.7. The van der Waals surface area contributed by atoms with Gasteiger partial charge in [0, 0.05) is 32.5 Å². The van der Waals surface area contributed by atoms with Gasteiger partial charge in [-0.1, -0.05) is 42.4 Å². The number of benzene rings is 1. The van der Waals surface area contributed by atoms with Gasteiger partial charge in [0.05, 0.1) is 19.1 Å². The van der Waals surface area contributed by atoms with E-state index in [4.69, 9.17) is 9.57 Å². The van der Waals surface area contributed by atoms with Crippen LogP contribution >= 0.6 is 0 Å². The molecule has 3 aliphatic rings. The molecule has 28 heavy (non-hydrogen) atoms. The van der Waals surface area contributed by atoms with Crippen molar-refractivity contribution in [2.45, 2.75) is 37.7 Å². The number of carbonyl (C=O) groups excluding carboxylic acids is 2. The minimum Gasteiger partial charge on any atom is -0.386 e. The number of hydrogen-bond acceptors (Lipinski definition) is 5. The fourth-order valence-corrected chi connectivity index (χ4v) is 4.13. The van der Waals surface area contributed by atoms with Gasteiger partial charge in [0.25, 0.3) is 5.91 Å². The van der Waals surface area contributed by atoms with Crippen molar-refractivity contribution >= 4 is 17.5 Å². The van der Waals surface area contributed by atoms with Crippen molar-refractivity contribution in [2.24, 2.45) is 11.1 Å². The van der Waals surface area contributed by atoms with Crippen LogP contribution < -0.4 is 5.32 Å². The van der Waals surface area contributed by atoms with E-state index in [1.165, 1.54) is 5.56 Å². The Morgan fingerprint density at radius 2 is 2.18 bits per heavy atom. The van der Waals surface area contributed by atoms with Crippen LogP contribution in [0.3, 0.4) is 0 Å². The fourth-order valence-electron chi connectivity index (χ4n) is 4.13. The lowest BCUT2D eigenvalue weighted by Crippen LogP contribution is -2.40. The summed E-state index contributed by atoms with van der Waals surface area (Å²) in [5, 5.41) is 7.02. The SMILES string of the molecule is C[C@H](CNC(=O)C1=NO[C@]2(CCN(C(=O)[C@H]3CCOC3)C2)C1)c1ccccc1. The van der Waals surface area contributed by atoms with Gasteiger partial charge >= 0.3 is 0 Å². The summed E-state index contributed by atoms with van der Waals surface area (Å²) in [6.07, 6.45) is 1.93. The van der Waals surface area contributed by atoms with E-state index in [0.29, 0.717) is 51.4 Å². The lowest BCUT2D eigenvalue weighted by molar-refractivity contribution is -0.135. The van der Waals surface area contributed by atoms with Gasteiger partial charge in [-0.15, -0.1) is 0 Å². The van der Waals surface area contributed by atoms with Crippen LogP contribution in [0.5, 0.6) is 0 Å². The van der Waals surface area contributed by atoms with Gasteiger partial charge in [-0.3, -0.25) is 9.59 Å². The molecule has 0 saturated carbocycles. The first-order chi connectivity index (χ1) is 13.6. The van der Waals surface area contributed by atoms with Crippen LogP contribution in [-0.4, -0.2) is 60.9 Å². The number of ether oxygens (including phenoxy) is 1. The summed E-state index contributed by atoms with van der Waals surface area (Å²) in [6.45, 7) is 4.92. The van der Waals surface area contributed by atoms with Crippen LogP contribution in [0.15, 0.2) is 35.5 Å². The monoisotopic (exact) mass is 385 g/mol. The third-order valence-electron chi connectivity index (χ3n) is 5.95.